The van der Waals surface area contributed by atoms with Gasteiger partial charge in [0.2, 0.25) is 0 Å². The fourth-order valence-corrected chi connectivity index (χ4v) is 2.20. The highest BCUT2D eigenvalue weighted by Crippen LogP contribution is 2.25. The van der Waals surface area contributed by atoms with Crippen LogP contribution in [0.1, 0.15) is 16.7 Å². The highest BCUT2D eigenvalue weighted by atomic mass is 35.5. The van der Waals surface area contributed by atoms with Crippen molar-refractivity contribution in [2.24, 2.45) is 5.16 Å². The largest absolute Gasteiger partial charge is 0.493 e. The van der Waals surface area contributed by atoms with E-state index in [1.54, 1.807) is 6.21 Å². The number of benzene rings is 2. The second-order valence-corrected chi connectivity index (χ2v) is 5.04. The van der Waals surface area contributed by atoms with Crippen molar-refractivity contribution < 1.29 is 9.57 Å². The highest BCUT2D eigenvalue weighted by molar-refractivity contribution is 6.30. The minimum absolute atomic E-state index is 0.432. The number of hydrogen-bond acceptors (Lipinski definition) is 3. The molecule has 0 saturated heterocycles. The van der Waals surface area contributed by atoms with Crippen LogP contribution >= 0.6 is 11.6 Å². The van der Waals surface area contributed by atoms with Crippen molar-refractivity contribution in [1.29, 1.82) is 0 Å². The van der Waals surface area contributed by atoms with Crippen LogP contribution < -0.4 is 4.74 Å². The lowest BCUT2D eigenvalue weighted by atomic mass is 10.1. The SMILES string of the molecule is Clc1ccc(CON=Cc2ccc3c(c2)CCO3)cc1. The van der Waals surface area contributed by atoms with Crippen molar-refractivity contribution in [1.82, 2.24) is 0 Å². The number of oxime groups is 1. The first kappa shape index (κ1) is 13.0. The van der Waals surface area contributed by atoms with Gasteiger partial charge in [0.05, 0.1) is 12.8 Å². The first-order chi connectivity index (χ1) is 9.81. The Morgan fingerprint density at radius 2 is 2.05 bits per heavy atom. The molecule has 0 saturated carbocycles. The van der Waals surface area contributed by atoms with Crippen molar-refractivity contribution in [3.05, 3.63) is 64.2 Å². The van der Waals surface area contributed by atoms with Crippen LogP contribution in [0.4, 0.5) is 0 Å². The van der Waals surface area contributed by atoms with Gasteiger partial charge in [0.1, 0.15) is 12.4 Å². The van der Waals surface area contributed by atoms with Gasteiger partial charge >= 0.3 is 0 Å². The molecule has 0 spiro atoms. The number of nitrogens with zero attached hydrogens (tertiary/aromatic N) is 1. The summed E-state index contributed by atoms with van der Waals surface area (Å²) in [5, 5.41) is 4.71. The quantitative estimate of drug-likeness (QED) is 0.632. The summed E-state index contributed by atoms with van der Waals surface area (Å²) in [6, 6.07) is 13.5. The number of hydrogen-bond donors (Lipinski definition) is 0. The Labute approximate surface area is 122 Å². The van der Waals surface area contributed by atoms with E-state index in [0.717, 1.165) is 34.9 Å². The van der Waals surface area contributed by atoms with Gasteiger partial charge in [0.25, 0.3) is 0 Å². The molecule has 0 amide bonds. The van der Waals surface area contributed by atoms with Crippen LogP contribution in [0.15, 0.2) is 47.6 Å². The average Bonchev–Trinajstić information content (AvgIpc) is 2.93. The molecule has 0 unspecified atom stereocenters. The van der Waals surface area contributed by atoms with Crippen LogP contribution in [0.2, 0.25) is 5.02 Å². The van der Waals surface area contributed by atoms with Gasteiger partial charge in [0, 0.05) is 11.4 Å². The Hall–Kier alpha value is -2.00. The Morgan fingerprint density at radius 1 is 1.20 bits per heavy atom. The van der Waals surface area contributed by atoms with Crippen LogP contribution in [0.25, 0.3) is 0 Å². The van der Waals surface area contributed by atoms with Gasteiger partial charge in [-0.2, -0.15) is 0 Å². The molecule has 20 heavy (non-hydrogen) atoms. The van der Waals surface area contributed by atoms with E-state index in [1.165, 1.54) is 5.56 Å². The van der Waals surface area contributed by atoms with Gasteiger partial charge < -0.3 is 9.57 Å². The molecule has 0 aromatic heterocycles. The molecule has 0 atom stereocenters. The number of halogens is 1. The molecular weight excluding hydrogens is 274 g/mol. The fraction of sp³-hybridized carbons (Fsp3) is 0.188. The van der Waals surface area contributed by atoms with Gasteiger partial charge in [-0.15, -0.1) is 0 Å². The third-order valence-electron chi connectivity index (χ3n) is 3.13. The predicted molar refractivity (Wildman–Crippen MR) is 79.5 cm³/mol. The second-order valence-electron chi connectivity index (χ2n) is 4.60. The maximum Gasteiger partial charge on any atom is 0.142 e. The van der Waals surface area contributed by atoms with E-state index in [1.807, 2.05) is 36.4 Å². The van der Waals surface area contributed by atoms with E-state index in [4.69, 9.17) is 21.2 Å². The molecule has 1 aliphatic rings. The van der Waals surface area contributed by atoms with Gasteiger partial charge in [-0.1, -0.05) is 28.9 Å². The van der Waals surface area contributed by atoms with Crippen LogP contribution in [-0.4, -0.2) is 12.8 Å². The van der Waals surface area contributed by atoms with E-state index >= 15 is 0 Å². The van der Waals surface area contributed by atoms with Gasteiger partial charge in [0.15, 0.2) is 0 Å². The molecule has 0 bridgehead atoms. The van der Waals surface area contributed by atoms with Gasteiger partial charge in [-0.25, -0.2) is 0 Å². The lowest BCUT2D eigenvalue weighted by molar-refractivity contribution is 0.132. The molecule has 0 fully saturated rings. The van der Waals surface area contributed by atoms with Gasteiger partial charge in [-0.3, -0.25) is 0 Å². The molecule has 102 valence electrons. The van der Waals surface area contributed by atoms with Crippen molar-refractivity contribution in [2.75, 3.05) is 6.61 Å². The third-order valence-corrected chi connectivity index (χ3v) is 3.39. The van der Waals surface area contributed by atoms with E-state index in [9.17, 15) is 0 Å². The Bertz CT molecular complexity index is 623. The molecule has 4 heteroatoms. The van der Waals surface area contributed by atoms with Crippen LogP contribution in [0.3, 0.4) is 0 Å². The Balaban J connectivity index is 1.56. The first-order valence-electron chi connectivity index (χ1n) is 6.47. The zero-order valence-corrected chi connectivity index (χ0v) is 11.6. The Morgan fingerprint density at radius 3 is 2.90 bits per heavy atom. The maximum atomic E-state index is 5.82. The van der Waals surface area contributed by atoms with Crippen molar-refractivity contribution >= 4 is 17.8 Å². The van der Waals surface area contributed by atoms with Crippen molar-refractivity contribution in [2.45, 2.75) is 13.0 Å². The topological polar surface area (TPSA) is 30.8 Å². The molecule has 2 aromatic rings. The molecule has 3 rings (SSSR count). The summed E-state index contributed by atoms with van der Waals surface area (Å²) in [5.74, 6) is 0.976. The number of ether oxygens (including phenoxy) is 1. The summed E-state index contributed by atoms with van der Waals surface area (Å²) in [6.07, 6.45) is 2.68. The number of fused-ring (bicyclic) bond motifs is 1. The molecule has 3 nitrogen and oxygen atoms in total. The van der Waals surface area contributed by atoms with E-state index in [-0.39, 0.29) is 0 Å². The van der Waals surface area contributed by atoms with Crippen molar-refractivity contribution in [3.8, 4) is 5.75 Å². The normalized spacial score (nSPS) is 13.2. The highest BCUT2D eigenvalue weighted by Gasteiger charge is 2.11. The second kappa shape index (κ2) is 5.97. The van der Waals surface area contributed by atoms with E-state index < -0.39 is 0 Å². The smallest absolute Gasteiger partial charge is 0.142 e. The molecule has 0 aliphatic carbocycles. The summed E-state index contributed by atoms with van der Waals surface area (Å²) in [5.41, 5.74) is 3.28. The van der Waals surface area contributed by atoms with Crippen molar-refractivity contribution in [3.63, 3.8) is 0 Å². The zero-order chi connectivity index (χ0) is 13.8. The maximum absolute atomic E-state index is 5.82. The molecule has 1 heterocycles. The van der Waals surface area contributed by atoms with E-state index in [0.29, 0.717) is 6.61 Å². The fourth-order valence-electron chi connectivity index (χ4n) is 2.08. The molecule has 2 aromatic carbocycles. The monoisotopic (exact) mass is 287 g/mol. The summed E-state index contributed by atoms with van der Waals surface area (Å²) < 4.78 is 5.46. The summed E-state index contributed by atoms with van der Waals surface area (Å²) >= 11 is 5.82. The van der Waals surface area contributed by atoms with Gasteiger partial charge in [-0.05, 0) is 47.0 Å². The lowest BCUT2D eigenvalue weighted by Crippen LogP contribution is -1.89. The molecule has 1 aliphatic heterocycles. The molecule has 0 radical (unpaired) electrons. The number of rotatable bonds is 4. The summed E-state index contributed by atoms with van der Waals surface area (Å²) in [6.45, 7) is 1.20. The molecule has 0 N–H and O–H groups in total. The predicted octanol–water partition coefficient (Wildman–Crippen LogP) is 3.83. The minimum atomic E-state index is 0.432. The Kier molecular flexibility index (Phi) is 3.88. The summed E-state index contributed by atoms with van der Waals surface area (Å²) in [7, 11) is 0. The lowest BCUT2D eigenvalue weighted by Gasteiger charge is -2.01. The average molecular weight is 288 g/mol. The molecular formula is C16H14ClNO2. The van der Waals surface area contributed by atoms with Crippen LogP contribution in [-0.2, 0) is 17.9 Å². The summed E-state index contributed by atoms with van der Waals surface area (Å²) in [4.78, 5) is 5.28. The zero-order valence-electron chi connectivity index (χ0n) is 10.9. The van der Waals surface area contributed by atoms with Crippen LogP contribution in [0, 0.1) is 0 Å². The first-order valence-corrected chi connectivity index (χ1v) is 6.84. The third kappa shape index (κ3) is 3.11. The standard InChI is InChI=1S/C16H14ClNO2/c17-15-4-1-12(2-5-15)11-20-18-10-13-3-6-16-14(9-13)7-8-19-16/h1-6,9-10H,7-8,11H2. The van der Waals surface area contributed by atoms with E-state index in [2.05, 4.69) is 11.2 Å². The van der Waals surface area contributed by atoms with Crippen LogP contribution in [0.5, 0.6) is 5.75 Å². The minimum Gasteiger partial charge on any atom is -0.493 e.